The zero-order valence-corrected chi connectivity index (χ0v) is 13.3. The Hall–Kier alpha value is -1.73. The van der Waals surface area contributed by atoms with Gasteiger partial charge in [-0.1, -0.05) is 23.2 Å². The molecule has 124 valence electrons. The summed E-state index contributed by atoms with van der Waals surface area (Å²) in [6.07, 6.45) is -4.49. The Labute approximate surface area is 139 Å². The molecule has 0 saturated carbocycles. The number of pyridine rings is 1. The summed E-state index contributed by atoms with van der Waals surface area (Å²) in [5.74, 6) is -0.828. The fourth-order valence-electron chi connectivity index (χ4n) is 1.82. The normalized spacial score (nSPS) is 11.6. The van der Waals surface area contributed by atoms with Gasteiger partial charge in [-0.2, -0.15) is 13.2 Å². The molecule has 0 saturated heterocycles. The van der Waals surface area contributed by atoms with Crippen molar-refractivity contribution in [2.45, 2.75) is 13.1 Å². The number of amides is 1. The first-order valence-electron chi connectivity index (χ1n) is 6.39. The van der Waals surface area contributed by atoms with Crippen LogP contribution in [-0.4, -0.2) is 30.2 Å². The maximum absolute atomic E-state index is 12.0. The first kappa shape index (κ1) is 17.6. The highest BCUT2D eigenvalue weighted by Gasteiger charge is 2.27. The van der Waals surface area contributed by atoms with E-state index in [-0.39, 0.29) is 10.8 Å². The molecule has 2 rings (SSSR count). The van der Waals surface area contributed by atoms with Crippen LogP contribution in [0.25, 0.3) is 10.9 Å². The van der Waals surface area contributed by atoms with Crippen molar-refractivity contribution in [1.82, 2.24) is 10.3 Å². The van der Waals surface area contributed by atoms with Gasteiger partial charge in [0.05, 0.1) is 10.0 Å². The van der Waals surface area contributed by atoms with Gasteiger partial charge in [-0.3, -0.25) is 4.79 Å². The molecule has 0 spiro atoms. The fourth-order valence-corrected chi connectivity index (χ4v) is 2.39. The van der Waals surface area contributed by atoms with E-state index in [9.17, 15) is 18.0 Å². The SMILES string of the molecule is Cc1ccc2c(Cl)cc(Cl)c(OCC(=O)NCC(F)(F)F)c2n1. The average Bonchev–Trinajstić information content (AvgIpc) is 2.43. The summed E-state index contributed by atoms with van der Waals surface area (Å²) in [6, 6.07) is 4.88. The number of aryl methyl sites for hydroxylation is 1. The van der Waals surface area contributed by atoms with E-state index in [1.54, 1.807) is 24.4 Å². The van der Waals surface area contributed by atoms with Crippen LogP contribution < -0.4 is 10.1 Å². The van der Waals surface area contributed by atoms with Gasteiger partial charge >= 0.3 is 6.18 Å². The number of benzene rings is 1. The van der Waals surface area contributed by atoms with Crippen LogP contribution in [0, 0.1) is 6.92 Å². The molecule has 9 heteroatoms. The Balaban J connectivity index is 2.20. The Morgan fingerprint density at radius 1 is 1.30 bits per heavy atom. The standard InChI is InChI=1S/C14H11Cl2F3N2O2/c1-7-2-3-8-9(15)4-10(16)13(12(8)21-7)23-5-11(22)20-6-14(17,18)19/h2-4H,5-6H2,1H3,(H,20,22). The number of fused-ring (bicyclic) bond motifs is 1. The minimum Gasteiger partial charge on any atom is -0.480 e. The van der Waals surface area contributed by atoms with Gasteiger partial charge in [0.2, 0.25) is 0 Å². The minimum absolute atomic E-state index is 0.0944. The quantitative estimate of drug-likeness (QED) is 0.892. The number of ether oxygens (including phenoxy) is 1. The summed E-state index contributed by atoms with van der Waals surface area (Å²) in [5, 5.41) is 2.74. The number of aromatic nitrogens is 1. The topological polar surface area (TPSA) is 51.2 Å². The molecule has 0 bridgehead atoms. The van der Waals surface area contributed by atoms with E-state index in [4.69, 9.17) is 27.9 Å². The van der Waals surface area contributed by atoms with Crippen molar-refractivity contribution >= 4 is 40.0 Å². The van der Waals surface area contributed by atoms with Crippen LogP contribution in [0.15, 0.2) is 18.2 Å². The number of halogens is 5. The van der Waals surface area contributed by atoms with Crippen molar-refractivity contribution in [3.63, 3.8) is 0 Å². The largest absolute Gasteiger partial charge is 0.480 e. The molecule has 1 N–H and O–H groups in total. The third-order valence-electron chi connectivity index (χ3n) is 2.81. The predicted molar refractivity (Wildman–Crippen MR) is 81.1 cm³/mol. The second kappa shape index (κ2) is 6.80. The van der Waals surface area contributed by atoms with Gasteiger partial charge in [-0.05, 0) is 25.1 Å². The molecule has 4 nitrogen and oxygen atoms in total. The van der Waals surface area contributed by atoms with Crippen molar-refractivity contribution in [2.24, 2.45) is 0 Å². The molecule has 0 aliphatic heterocycles. The van der Waals surface area contributed by atoms with Crippen molar-refractivity contribution in [3.8, 4) is 5.75 Å². The minimum atomic E-state index is -4.49. The molecule has 1 aromatic heterocycles. The van der Waals surface area contributed by atoms with Crippen LogP contribution in [0.1, 0.15) is 5.69 Å². The summed E-state index contributed by atoms with van der Waals surface area (Å²) in [6.45, 7) is -0.308. The summed E-state index contributed by atoms with van der Waals surface area (Å²) >= 11 is 12.1. The molecule has 0 aliphatic carbocycles. The Kier molecular flexibility index (Phi) is 5.21. The summed E-state index contributed by atoms with van der Waals surface area (Å²) in [5.41, 5.74) is 1.01. The molecule has 1 aromatic carbocycles. The van der Waals surface area contributed by atoms with Crippen LogP contribution in [0.3, 0.4) is 0 Å². The number of alkyl halides is 3. The van der Waals surface area contributed by atoms with E-state index < -0.39 is 25.2 Å². The second-order valence-corrected chi connectivity index (χ2v) is 5.51. The highest BCUT2D eigenvalue weighted by atomic mass is 35.5. The van der Waals surface area contributed by atoms with Gasteiger partial charge in [-0.15, -0.1) is 0 Å². The number of rotatable bonds is 4. The van der Waals surface area contributed by atoms with E-state index in [2.05, 4.69) is 4.98 Å². The maximum atomic E-state index is 12.0. The van der Waals surface area contributed by atoms with Gasteiger partial charge in [0.25, 0.3) is 5.91 Å². The van der Waals surface area contributed by atoms with E-state index >= 15 is 0 Å². The average molecular weight is 367 g/mol. The van der Waals surface area contributed by atoms with Gasteiger partial charge in [0.1, 0.15) is 12.1 Å². The van der Waals surface area contributed by atoms with E-state index in [1.165, 1.54) is 6.07 Å². The Morgan fingerprint density at radius 3 is 2.65 bits per heavy atom. The third kappa shape index (κ3) is 4.62. The lowest BCUT2D eigenvalue weighted by atomic mass is 10.2. The van der Waals surface area contributed by atoms with Crippen molar-refractivity contribution in [1.29, 1.82) is 0 Å². The molecule has 0 aliphatic rings. The predicted octanol–water partition coefficient (Wildman–Crippen LogP) is 3.91. The van der Waals surface area contributed by atoms with Gasteiger partial charge in [0.15, 0.2) is 12.4 Å². The van der Waals surface area contributed by atoms with Gasteiger partial charge in [0, 0.05) is 11.1 Å². The molecule has 0 unspecified atom stereocenters. The smallest absolute Gasteiger partial charge is 0.405 e. The van der Waals surface area contributed by atoms with Crippen molar-refractivity contribution in [3.05, 3.63) is 33.9 Å². The van der Waals surface area contributed by atoms with Gasteiger partial charge in [-0.25, -0.2) is 4.98 Å². The van der Waals surface area contributed by atoms with Crippen molar-refractivity contribution < 1.29 is 22.7 Å². The van der Waals surface area contributed by atoms with E-state index in [1.807, 2.05) is 0 Å². The monoisotopic (exact) mass is 366 g/mol. The van der Waals surface area contributed by atoms with E-state index in [0.29, 0.717) is 21.6 Å². The summed E-state index contributed by atoms with van der Waals surface area (Å²) in [4.78, 5) is 15.7. The van der Waals surface area contributed by atoms with Gasteiger partial charge < -0.3 is 10.1 Å². The van der Waals surface area contributed by atoms with Crippen molar-refractivity contribution in [2.75, 3.05) is 13.2 Å². The highest BCUT2D eigenvalue weighted by Crippen LogP contribution is 2.37. The molecule has 1 heterocycles. The van der Waals surface area contributed by atoms with Crippen LogP contribution in [0.5, 0.6) is 5.75 Å². The third-order valence-corrected chi connectivity index (χ3v) is 3.40. The Morgan fingerprint density at radius 2 is 2.00 bits per heavy atom. The first-order chi connectivity index (χ1) is 10.7. The number of hydrogen-bond acceptors (Lipinski definition) is 3. The maximum Gasteiger partial charge on any atom is 0.405 e. The molecule has 23 heavy (non-hydrogen) atoms. The molecule has 1 amide bonds. The molecular formula is C14H11Cl2F3N2O2. The number of carbonyl (C=O) groups excluding carboxylic acids is 1. The lowest BCUT2D eigenvalue weighted by molar-refractivity contribution is -0.139. The molecule has 2 aromatic rings. The van der Waals surface area contributed by atoms with Crippen LogP contribution in [0.4, 0.5) is 13.2 Å². The molecule has 0 atom stereocenters. The lowest BCUT2D eigenvalue weighted by Crippen LogP contribution is -2.36. The van der Waals surface area contributed by atoms with Crippen LogP contribution in [-0.2, 0) is 4.79 Å². The van der Waals surface area contributed by atoms with Crippen LogP contribution >= 0.6 is 23.2 Å². The van der Waals surface area contributed by atoms with Crippen LogP contribution in [0.2, 0.25) is 10.0 Å². The second-order valence-electron chi connectivity index (χ2n) is 4.70. The van der Waals surface area contributed by atoms with E-state index in [0.717, 1.165) is 0 Å². The molecule has 0 fully saturated rings. The molecular weight excluding hydrogens is 356 g/mol. The lowest BCUT2D eigenvalue weighted by Gasteiger charge is -2.13. The summed E-state index contributed by atoms with van der Waals surface area (Å²) in [7, 11) is 0. The number of nitrogens with one attached hydrogen (secondary N) is 1. The highest BCUT2D eigenvalue weighted by molar-refractivity contribution is 6.39. The molecule has 0 radical (unpaired) electrons. The Bertz CT molecular complexity index is 751. The number of carbonyl (C=O) groups is 1. The number of nitrogens with zero attached hydrogens (tertiary/aromatic N) is 1. The zero-order chi connectivity index (χ0) is 17.2. The fraction of sp³-hybridized carbons (Fsp3) is 0.286. The zero-order valence-electron chi connectivity index (χ0n) is 11.8. The summed E-state index contributed by atoms with van der Waals surface area (Å²) < 4.78 is 41.4. The number of hydrogen-bond donors (Lipinski definition) is 1. The first-order valence-corrected chi connectivity index (χ1v) is 7.14.